The van der Waals surface area contributed by atoms with E-state index in [1.807, 2.05) is 30.3 Å². The van der Waals surface area contributed by atoms with Gasteiger partial charge in [0.15, 0.2) is 0 Å². The summed E-state index contributed by atoms with van der Waals surface area (Å²) in [6.07, 6.45) is 1.01. The summed E-state index contributed by atoms with van der Waals surface area (Å²) in [5.74, 6) is 1.90. The van der Waals surface area contributed by atoms with E-state index < -0.39 is 0 Å². The highest BCUT2D eigenvalue weighted by Crippen LogP contribution is 2.28. The van der Waals surface area contributed by atoms with Gasteiger partial charge in [0.25, 0.3) is 0 Å². The number of imidazole rings is 1. The standard InChI is InChI=1S/C23H21BrN2O/c1-2-14-27-20-12-10-17(11-13-20)16-26-22-9-4-3-8-21(22)25-23(26)18-6-5-7-19(24)15-18/h3-13,15H,2,14,16H2,1H3. The average molecular weight is 421 g/mol. The molecule has 0 saturated carbocycles. The Morgan fingerprint density at radius 3 is 2.56 bits per heavy atom. The van der Waals surface area contributed by atoms with Gasteiger partial charge in [-0.05, 0) is 48.4 Å². The number of halogens is 1. The van der Waals surface area contributed by atoms with Crippen LogP contribution in [0.2, 0.25) is 0 Å². The second-order valence-corrected chi connectivity index (χ2v) is 7.43. The van der Waals surface area contributed by atoms with E-state index in [-0.39, 0.29) is 0 Å². The van der Waals surface area contributed by atoms with Gasteiger partial charge in [0.1, 0.15) is 11.6 Å². The molecule has 0 atom stereocenters. The van der Waals surface area contributed by atoms with Crippen LogP contribution in [0.3, 0.4) is 0 Å². The molecule has 4 aromatic rings. The van der Waals surface area contributed by atoms with Crippen molar-refractivity contribution in [1.29, 1.82) is 0 Å². The maximum Gasteiger partial charge on any atom is 0.141 e. The molecule has 4 rings (SSSR count). The maximum absolute atomic E-state index is 5.70. The van der Waals surface area contributed by atoms with E-state index >= 15 is 0 Å². The van der Waals surface area contributed by atoms with E-state index in [0.717, 1.165) is 52.2 Å². The Hall–Kier alpha value is -2.59. The molecule has 0 spiro atoms. The monoisotopic (exact) mass is 420 g/mol. The van der Waals surface area contributed by atoms with E-state index in [2.05, 4.69) is 69.9 Å². The van der Waals surface area contributed by atoms with Gasteiger partial charge in [0, 0.05) is 16.6 Å². The Bertz CT molecular complexity index is 1050. The molecule has 0 N–H and O–H groups in total. The summed E-state index contributed by atoms with van der Waals surface area (Å²) in [5, 5.41) is 0. The Morgan fingerprint density at radius 2 is 1.78 bits per heavy atom. The minimum Gasteiger partial charge on any atom is -0.494 e. The van der Waals surface area contributed by atoms with Crippen LogP contribution in [-0.4, -0.2) is 16.2 Å². The number of aromatic nitrogens is 2. The predicted molar refractivity (Wildman–Crippen MR) is 114 cm³/mol. The van der Waals surface area contributed by atoms with E-state index in [1.165, 1.54) is 5.56 Å². The van der Waals surface area contributed by atoms with Crippen LogP contribution in [0.15, 0.2) is 77.3 Å². The third-order valence-electron chi connectivity index (χ3n) is 4.47. The van der Waals surface area contributed by atoms with Gasteiger partial charge in [-0.3, -0.25) is 0 Å². The Balaban J connectivity index is 1.73. The number of benzene rings is 3. The first kappa shape index (κ1) is 17.8. The first-order chi connectivity index (χ1) is 13.2. The normalized spacial score (nSPS) is 11.0. The van der Waals surface area contributed by atoms with Gasteiger partial charge in [-0.2, -0.15) is 0 Å². The minimum absolute atomic E-state index is 0.749. The smallest absolute Gasteiger partial charge is 0.141 e. The molecule has 0 aliphatic rings. The van der Waals surface area contributed by atoms with Crippen LogP contribution >= 0.6 is 15.9 Å². The molecular weight excluding hydrogens is 400 g/mol. The number of hydrogen-bond donors (Lipinski definition) is 0. The molecular formula is C23H21BrN2O. The van der Waals surface area contributed by atoms with Crippen molar-refractivity contribution in [3.05, 3.63) is 82.8 Å². The van der Waals surface area contributed by atoms with Gasteiger partial charge in [0.05, 0.1) is 17.6 Å². The number of ether oxygens (including phenoxy) is 1. The van der Waals surface area contributed by atoms with Crippen LogP contribution in [0.4, 0.5) is 0 Å². The number of fused-ring (bicyclic) bond motifs is 1. The van der Waals surface area contributed by atoms with Crippen LogP contribution < -0.4 is 4.74 Å². The van der Waals surface area contributed by atoms with Crippen molar-refractivity contribution in [3.8, 4) is 17.1 Å². The molecule has 0 amide bonds. The first-order valence-electron chi connectivity index (χ1n) is 9.17. The van der Waals surface area contributed by atoms with E-state index in [0.29, 0.717) is 0 Å². The summed E-state index contributed by atoms with van der Waals surface area (Å²) in [5.41, 5.74) is 4.47. The second kappa shape index (κ2) is 7.97. The Kier molecular flexibility index (Phi) is 5.26. The zero-order valence-electron chi connectivity index (χ0n) is 15.2. The molecule has 0 fully saturated rings. The van der Waals surface area contributed by atoms with Crippen molar-refractivity contribution >= 4 is 27.0 Å². The van der Waals surface area contributed by atoms with E-state index in [9.17, 15) is 0 Å². The van der Waals surface area contributed by atoms with Crippen molar-refractivity contribution in [3.63, 3.8) is 0 Å². The molecule has 1 aromatic heterocycles. The van der Waals surface area contributed by atoms with Gasteiger partial charge in [-0.25, -0.2) is 4.98 Å². The number of hydrogen-bond acceptors (Lipinski definition) is 2. The Labute approximate surface area is 167 Å². The molecule has 0 saturated heterocycles. The molecule has 136 valence electrons. The maximum atomic E-state index is 5.70. The molecule has 1 heterocycles. The van der Waals surface area contributed by atoms with Gasteiger partial charge >= 0.3 is 0 Å². The lowest BCUT2D eigenvalue weighted by Gasteiger charge is -2.11. The molecule has 0 aliphatic heterocycles. The fourth-order valence-electron chi connectivity index (χ4n) is 3.18. The van der Waals surface area contributed by atoms with Gasteiger partial charge in [-0.15, -0.1) is 0 Å². The summed E-state index contributed by atoms with van der Waals surface area (Å²) in [4.78, 5) is 4.90. The van der Waals surface area contributed by atoms with Crippen molar-refractivity contribution in [2.24, 2.45) is 0 Å². The molecule has 0 radical (unpaired) electrons. The lowest BCUT2D eigenvalue weighted by molar-refractivity contribution is 0.317. The predicted octanol–water partition coefficient (Wildman–Crippen LogP) is 6.30. The summed E-state index contributed by atoms with van der Waals surface area (Å²) < 4.78 is 9.03. The molecule has 3 nitrogen and oxygen atoms in total. The van der Waals surface area contributed by atoms with Crippen molar-refractivity contribution in [1.82, 2.24) is 9.55 Å². The van der Waals surface area contributed by atoms with Crippen molar-refractivity contribution in [2.45, 2.75) is 19.9 Å². The third-order valence-corrected chi connectivity index (χ3v) is 4.97. The zero-order valence-corrected chi connectivity index (χ0v) is 16.8. The highest BCUT2D eigenvalue weighted by Gasteiger charge is 2.13. The third kappa shape index (κ3) is 3.91. The lowest BCUT2D eigenvalue weighted by atomic mass is 10.2. The molecule has 0 unspecified atom stereocenters. The fourth-order valence-corrected chi connectivity index (χ4v) is 3.58. The Morgan fingerprint density at radius 1 is 0.963 bits per heavy atom. The van der Waals surface area contributed by atoms with Gasteiger partial charge < -0.3 is 9.30 Å². The van der Waals surface area contributed by atoms with Crippen LogP contribution in [0.5, 0.6) is 5.75 Å². The zero-order chi connectivity index (χ0) is 18.6. The molecule has 4 heteroatoms. The number of nitrogens with zero attached hydrogens (tertiary/aromatic N) is 2. The highest BCUT2D eigenvalue weighted by atomic mass is 79.9. The first-order valence-corrected chi connectivity index (χ1v) is 9.97. The summed E-state index contributed by atoms with van der Waals surface area (Å²) in [6.45, 7) is 3.62. The highest BCUT2D eigenvalue weighted by molar-refractivity contribution is 9.10. The minimum atomic E-state index is 0.749. The molecule has 0 aliphatic carbocycles. The molecule has 27 heavy (non-hydrogen) atoms. The second-order valence-electron chi connectivity index (χ2n) is 6.51. The SMILES string of the molecule is CCCOc1ccc(Cn2c(-c3cccc(Br)c3)nc3ccccc32)cc1. The largest absolute Gasteiger partial charge is 0.494 e. The van der Waals surface area contributed by atoms with Crippen LogP contribution in [0, 0.1) is 0 Å². The van der Waals surface area contributed by atoms with Gasteiger partial charge in [0.2, 0.25) is 0 Å². The summed E-state index contributed by atoms with van der Waals surface area (Å²) in [7, 11) is 0. The van der Waals surface area contributed by atoms with E-state index in [1.54, 1.807) is 0 Å². The van der Waals surface area contributed by atoms with Crippen LogP contribution in [0.25, 0.3) is 22.4 Å². The van der Waals surface area contributed by atoms with E-state index in [4.69, 9.17) is 9.72 Å². The summed E-state index contributed by atoms with van der Waals surface area (Å²) in [6, 6.07) is 24.9. The fraction of sp³-hybridized carbons (Fsp3) is 0.174. The van der Waals surface area contributed by atoms with Crippen molar-refractivity contribution in [2.75, 3.05) is 6.61 Å². The molecule has 3 aromatic carbocycles. The average Bonchev–Trinajstić information content (AvgIpc) is 3.06. The summed E-state index contributed by atoms with van der Waals surface area (Å²) >= 11 is 3.57. The van der Waals surface area contributed by atoms with Crippen molar-refractivity contribution < 1.29 is 4.74 Å². The molecule has 0 bridgehead atoms. The number of rotatable bonds is 6. The van der Waals surface area contributed by atoms with Crippen LogP contribution in [0.1, 0.15) is 18.9 Å². The quantitative estimate of drug-likeness (QED) is 0.365. The lowest BCUT2D eigenvalue weighted by Crippen LogP contribution is -2.02. The number of para-hydroxylation sites is 2. The van der Waals surface area contributed by atoms with Gasteiger partial charge in [-0.1, -0.05) is 59.3 Å². The topological polar surface area (TPSA) is 27.1 Å². The van der Waals surface area contributed by atoms with Crippen LogP contribution in [-0.2, 0) is 6.54 Å².